The van der Waals surface area contributed by atoms with E-state index in [1.165, 1.54) is 6.20 Å². The van der Waals surface area contributed by atoms with E-state index in [9.17, 15) is 4.79 Å². The smallest absolute Gasteiger partial charge is 0.274 e. The first-order valence-electron chi connectivity index (χ1n) is 6.99. The number of aromatic nitrogens is 2. The molecule has 1 atom stereocenters. The molecule has 1 aromatic rings. The minimum Gasteiger partial charge on any atom is -0.337 e. The molecule has 1 saturated heterocycles. The SMILES string of the molecule is CNCC1CCN(C(=O)c2nc(C(C)C)ncc2Cl)C1.Cl. The highest BCUT2D eigenvalue weighted by Crippen LogP contribution is 2.22. The van der Waals surface area contributed by atoms with Gasteiger partial charge in [-0.25, -0.2) is 9.97 Å². The summed E-state index contributed by atoms with van der Waals surface area (Å²) >= 11 is 6.09. The van der Waals surface area contributed by atoms with Crippen molar-refractivity contribution in [3.63, 3.8) is 0 Å². The lowest BCUT2D eigenvalue weighted by Gasteiger charge is -2.17. The van der Waals surface area contributed by atoms with Gasteiger partial charge in [-0.15, -0.1) is 12.4 Å². The van der Waals surface area contributed by atoms with Gasteiger partial charge in [-0.1, -0.05) is 25.4 Å². The molecule has 1 aliphatic rings. The van der Waals surface area contributed by atoms with Gasteiger partial charge in [-0.3, -0.25) is 4.79 Å². The van der Waals surface area contributed by atoms with Crippen LogP contribution in [-0.4, -0.2) is 47.5 Å². The third-order valence-corrected chi connectivity index (χ3v) is 3.82. The Balaban J connectivity index is 0.00000220. The Morgan fingerprint density at radius 2 is 2.29 bits per heavy atom. The van der Waals surface area contributed by atoms with E-state index >= 15 is 0 Å². The van der Waals surface area contributed by atoms with Gasteiger partial charge in [-0.2, -0.15) is 0 Å². The van der Waals surface area contributed by atoms with Gasteiger partial charge in [0.1, 0.15) is 5.82 Å². The Morgan fingerprint density at radius 3 is 2.90 bits per heavy atom. The lowest BCUT2D eigenvalue weighted by atomic mass is 10.1. The highest BCUT2D eigenvalue weighted by molar-refractivity contribution is 6.33. The molecule has 2 rings (SSSR count). The zero-order valence-electron chi connectivity index (χ0n) is 12.6. The average Bonchev–Trinajstić information content (AvgIpc) is 2.87. The van der Waals surface area contributed by atoms with Gasteiger partial charge in [-0.05, 0) is 25.9 Å². The second-order valence-corrected chi connectivity index (χ2v) is 5.95. The minimum absolute atomic E-state index is 0. The number of carbonyl (C=O) groups is 1. The maximum absolute atomic E-state index is 12.5. The second-order valence-electron chi connectivity index (χ2n) is 5.54. The molecular formula is C14H22Cl2N4O. The number of likely N-dealkylation sites (tertiary alicyclic amines) is 1. The first kappa shape index (κ1) is 18.1. The molecule has 0 spiro atoms. The number of hydrogen-bond donors (Lipinski definition) is 1. The molecule has 118 valence electrons. The zero-order valence-corrected chi connectivity index (χ0v) is 14.2. The summed E-state index contributed by atoms with van der Waals surface area (Å²) in [5.41, 5.74) is 0.329. The van der Waals surface area contributed by atoms with Crippen LogP contribution < -0.4 is 5.32 Å². The normalized spacial score (nSPS) is 18.0. The van der Waals surface area contributed by atoms with Crippen LogP contribution in [0.2, 0.25) is 5.02 Å². The van der Waals surface area contributed by atoms with Crippen molar-refractivity contribution in [2.75, 3.05) is 26.7 Å². The number of halogens is 2. The van der Waals surface area contributed by atoms with E-state index in [2.05, 4.69) is 15.3 Å². The van der Waals surface area contributed by atoms with Crippen molar-refractivity contribution in [1.29, 1.82) is 0 Å². The largest absolute Gasteiger partial charge is 0.337 e. The van der Waals surface area contributed by atoms with Crippen LogP contribution >= 0.6 is 24.0 Å². The van der Waals surface area contributed by atoms with E-state index in [1.807, 2.05) is 25.8 Å². The molecule has 0 aliphatic carbocycles. The predicted molar refractivity (Wildman–Crippen MR) is 86.3 cm³/mol. The molecule has 21 heavy (non-hydrogen) atoms. The molecule has 1 fully saturated rings. The van der Waals surface area contributed by atoms with Crippen molar-refractivity contribution in [3.8, 4) is 0 Å². The van der Waals surface area contributed by atoms with Gasteiger partial charge < -0.3 is 10.2 Å². The summed E-state index contributed by atoms with van der Waals surface area (Å²) in [6.07, 6.45) is 2.55. The maximum Gasteiger partial charge on any atom is 0.274 e. The second kappa shape index (κ2) is 7.92. The number of carbonyl (C=O) groups excluding carboxylic acids is 1. The summed E-state index contributed by atoms with van der Waals surface area (Å²) in [7, 11) is 1.93. The quantitative estimate of drug-likeness (QED) is 0.919. The van der Waals surface area contributed by atoms with E-state index in [4.69, 9.17) is 11.6 Å². The maximum atomic E-state index is 12.5. The summed E-state index contributed by atoms with van der Waals surface area (Å²) in [5.74, 6) is 1.25. The molecule has 0 radical (unpaired) electrons. The third-order valence-electron chi connectivity index (χ3n) is 3.55. The van der Waals surface area contributed by atoms with Gasteiger partial charge in [0.25, 0.3) is 5.91 Å². The molecule has 0 saturated carbocycles. The molecular weight excluding hydrogens is 311 g/mol. The fourth-order valence-electron chi connectivity index (χ4n) is 2.43. The Labute approximate surface area is 136 Å². The Bertz CT molecular complexity index is 496. The zero-order chi connectivity index (χ0) is 14.7. The van der Waals surface area contributed by atoms with E-state index in [1.54, 1.807) is 0 Å². The number of nitrogens with zero attached hydrogens (tertiary/aromatic N) is 3. The van der Waals surface area contributed by atoms with Crippen LogP contribution in [0.3, 0.4) is 0 Å². The molecule has 0 aromatic carbocycles. The molecule has 5 nitrogen and oxygen atoms in total. The van der Waals surface area contributed by atoms with Crippen LogP contribution in [0.4, 0.5) is 0 Å². The van der Waals surface area contributed by atoms with Crippen LogP contribution in [0, 0.1) is 5.92 Å². The van der Waals surface area contributed by atoms with E-state index in [0.717, 1.165) is 26.1 Å². The van der Waals surface area contributed by atoms with Crippen molar-refractivity contribution in [1.82, 2.24) is 20.2 Å². The monoisotopic (exact) mass is 332 g/mol. The molecule has 1 aromatic heterocycles. The molecule has 7 heteroatoms. The molecule has 1 amide bonds. The summed E-state index contributed by atoms with van der Waals surface area (Å²) in [6, 6.07) is 0. The summed E-state index contributed by atoms with van der Waals surface area (Å²) in [4.78, 5) is 22.9. The Morgan fingerprint density at radius 1 is 1.57 bits per heavy atom. The summed E-state index contributed by atoms with van der Waals surface area (Å²) in [5, 5.41) is 3.48. The summed E-state index contributed by atoms with van der Waals surface area (Å²) in [6.45, 7) is 6.45. The van der Waals surface area contributed by atoms with Crippen LogP contribution in [0.25, 0.3) is 0 Å². The Kier molecular flexibility index (Phi) is 6.84. The highest BCUT2D eigenvalue weighted by atomic mass is 35.5. The van der Waals surface area contributed by atoms with Crippen molar-refractivity contribution < 1.29 is 4.79 Å². The van der Waals surface area contributed by atoms with E-state index in [-0.39, 0.29) is 24.2 Å². The van der Waals surface area contributed by atoms with Gasteiger partial charge in [0.05, 0.1) is 11.2 Å². The molecule has 2 heterocycles. The minimum atomic E-state index is -0.0853. The van der Waals surface area contributed by atoms with Gasteiger partial charge >= 0.3 is 0 Å². The van der Waals surface area contributed by atoms with Crippen molar-refractivity contribution >= 4 is 29.9 Å². The predicted octanol–water partition coefficient (Wildman–Crippen LogP) is 2.36. The highest BCUT2D eigenvalue weighted by Gasteiger charge is 2.28. The van der Waals surface area contributed by atoms with E-state index < -0.39 is 0 Å². The van der Waals surface area contributed by atoms with Crippen LogP contribution in [-0.2, 0) is 0 Å². The number of rotatable bonds is 4. The fraction of sp³-hybridized carbons (Fsp3) is 0.643. The van der Waals surface area contributed by atoms with Crippen LogP contribution in [0.5, 0.6) is 0 Å². The third kappa shape index (κ3) is 4.28. The van der Waals surface area contributed by atoms with Gasteiger partial charge in [0, 0.05) is 19.0 Å². The van der Waals surface area contributed by atoms with E-state index in [0.29, 0.717) is 22.5 Å². The molecule has 1 aliphatic heterocycles. The molecule has 1 N–H and O–H groups in total. The van der Waals surface area contributed by atoms with Crippen molar-refractivity contribution in [3.05, 3.63) is 22.7 Å². The van der Waals surface area contributed by atoms with Crippen molar-refractivity contribution in [2.45, 2.75) is 26.2 Å². The summed E-state index contributed by atoms with van der Waals surface area (Å²) < 4.78 is 0. The topological polar surface area (TPSA) is 58.1 Å². The molecule has 1 unspecified atom stereocenters. The lowest BCUT2D eigenvalue weighted by molar-refractivity contribution is 0.0781. The number of amides is 1. The standard InChI is InChI=1S/C14H21ClN4O.ClH/c1-9(2)13-17-7-11(15)12(18-13)14(20)19-5-4-10(8-19)6-16-3;/h7,9-10,16H,4-6,8H2,1-3H3;1H. The number of hydrogen-bond acceptors (Lipinski definition) is 4. The van der Waals surface area contributed by atoms with Gasteiger partial charge in [0.2, 0.25) is 0 Å². The average molecular weight is 333 g/mol. The first-order chi connectivity index (χ1) is 9.52. The van der Waals surface area contributed by atoms with Crippen LogP contribution in [0.1, 0.15) is 42.5 Å². The first-order valence-corrected chi connectivity index (χ1v) is 7.37. The van der Waals surface area contributed by atoms with Crippen LogP contribution in [0.15, 0.2) is 6.20 Å². The number of nitrogens with one attached hydrogen (secondary N) is 1. The lowest BCUT2D eigenvalue weighted by Crippen LogP contribution is -2.31. The van der Waals surface area contributed by atoms with Crippen molar-refractivity contribution in [2.24, 2.45) is 5.92 Å². The Hall–Kier alpha value is -0.910. The van der Waals surface area contributed by atoms with Gasteiger partial charge in [0.15, 0.2) is 5.69 Å². The fourth-order valence-corrected chi connectivity index (χ4v) is 2.60. The molecule has 0 bridgehead atoms.